The number of hydrogen-bond donors (Lipinski definition) is 0. The van der Waals surface area contributed by atoms with E-state index >= 15 is 0 Å². The molecule has 4 heterocycles. The molecule has 2 aromatic rings. The van der Waals surface area contributed by atoms with E-state index < -0.39 is 0 Å². The highest BCUT2D eigenvalue weighted by Crippen LogP contribution is 2.24. The van der Waals surface area contributed by atoms with E-state index in [0.717, 1.165) is 38.3 Å². The number of piperazine rings is 1. The molecule has 1 atom stereocenters. The first-order valence-electron chi connectivity index (χ1n) is 10.3. The summed E-state index contributed by atoms with van der Waals surface area (Å²) >= 11 is 0. The van der Waals surface area contributed by atoms with Gasteiger partial charge in [-0.2, -0.15) is 0 Å². The predicted octanol–water partition coefficient (Wildman–Crippen LogP) is 2.60. The summed E-state index contributed by atoms with van der Waals surface area (Å²) in [6, 6.07) is 8.13. The van der Waals surface area contributed by atoms with Crippen LogP contribution in [-0.4, -0.2) is 64.5 Å². The molecule has 148 valence electrons. The lowest BCUT2D eigenvalue weighted by molar-refractivity contribution is 0.0740. The smallest absolute Gasteiger partial charge is 0.272 e. The van der Waals surface area contributed by atoms with Crippen LogP contribution in [0.5, 0.6) is 0 Å². The molecule has 0 aromatic carbocycles. The fourth-order valence-electron chi connectivity index (χ4n) is 4.14. The van der Waals surface area contributed by atoms with E-state index in [0.29, 0.717) is 30.8 Å². The van der Waals surface area contributed by atoms with Gasteiger partial charge in [0.2, 0.25) is 5.95 Å². The zero-order valence-electron chi connectivity index (χ0n) is 16.5. The molecule has 4 rings (SSSR count). The molecule has 1 unspecified atom stereocenters. The standard InChI is InChI=1S/C21H28N6O/c1-2-17-7-4-6-12-27(17)21-23-11-9-18(24-21)20(28)26-15-13-25(14-16-26)19-8-3-5-10-22-19/h3,5,8-11,17H,2,4,6-7,12-16H2,1H3. The molecule has 0 N–H and O–H groups in total. The largest absolute Gasteiger partial charge is 0.353 e. The van der Waals surface area contributed by atoms with Gasteiger partial charge in [-0.1, -0.05) is 13.0 Å². The van der Waals surface area contributed by atoms with Gasteiger partial charge in [0.25, 0.3) is 5.91 Å². The Morgan fingerprint density at radius 1 is 1.04 bits per heavy atom. The highest BCUT2D eigenvalue weighted by Gasteiger charge is 2.26. The summed E-state index contributed by atoms with van der Waals surface area (Å²) < 4.78 is 0. The first-order chi connectivity index (χ1) is 13.8. The molecule has 2 aliphatic heterocycles. The van der Waals surface area contributed by atoms with Crippen molar-refractivity contribution in [1.29, 1.82) is 0 Å². The Kier molecular flexibility index (Phi) is 5.69. The molecular weight excluding hydrogens is 352 g/mol. The summed E-state index contributed by atoms with van der Waals surface area (Å²) in [5.74, 6) is 1.66. The van der Waals surface area contributed by atoms with Gasteiger partial charge in [-0.15, -0.1) is 0 Å². The van der Waals surface area contributed by atoms with Crippen LogP contribution in [0.15, 0.2) is 36.7 Å². The molecule has 7 heteroatoms. The number of carbonyl (C=O) groups is 1. The molecule has 28 heavy (non-hydrogen) atoms. The quantitative estimate of drug-likeness (QED) is 0.812. The summed E-state index contributed by atoms with van der Waals surface area (Å²) in [6.45, 7) is 6.10. The van der Waals surface area contributed by atoms with Gasteiger partial charge in [-0.3, -0.25) is 4.79 Å². The van der Waals surface area contributed by atoms with Crippen LogP contribution in [0.25, 0.3) is 0 Å². The number of pyridine rings is 1. The Labute approximate surface area is 166 Å². The number of rotatable bonds is 4. The monoisotopic (exact) mass is 380 g/mol. The van der Waals surface area contributed by atoms with Gasteiger partial charge in [-0.05, 0) is 43.9 Å². The van der Waals surface area contributed by atoms with Crippen molar-refractivity contribution in [3.8, 4) is 0 Å². The molecule has 0 radical (unpaired) electrons. The van der Waals surface area contributed by atoms with Gasteiger partial charge < -0.3 is 14.7 Å². The van der Waals surface area contributed by atoms with Crippen LogP contribution in [-0.2, 0) is 0 Å². The first-order valence-corrected chi connectivity index (χ1v) is 10.3. The Morgan fingerprint density at radius 3 is 2.64 bits per heavy atom. The van der Waals surface area contributed by atoms with Gasteiger partial charge >= 0.3 is 0 Å². The minimum atomic E-state index is -0.00520. The highest BCUT2D eigenvalue weighted by molar-refractivity contribution is 5.92. The zero-order chi connectivity index (χ0) is 19.3. The number of nitrogens with zero attached hydrogens (tertiary/aromatic N) is 6. The highest BCUT2D eigenvalue weighted by atomic mass is 16.2. The van der Waals surface area contributed by atoms with Crippen LogP contribution >= 0.6 is 0 Å². The molecule has 2 aliphatic rings. The maximum absolute atomic E-state index is 13.0. The normalized spacial score (nSPS) is 20.3. The number of aromatic nitrogens is 3. The lowest BCUT2D eigenvalue weighted by atomic mass is 10.0. The second-order valence-corrected chi connectivity index (χ2v) is 7.46. The van der Waals surface area contributed by atoms with Gasteiger partial charge in [0.05, 0.1) is 0 Å². The Hall–Kier alpha value is -2.70. The average Bonchev–Trinajstić information content (AvgIpc) is 2.79. The van der Waals surface area contributed by atoms with Crippen molar-refractivity contribution in [3.05, 3.63) is 42.4 Å². The van der Waals surface area contributed by atoms with Crippen molar-refractivity contribution in [2.45, 2.75) is 38.6 Å². The third kappa shape index (κ3) is 3.93. The van der Waals surface area contributed by atoms with Gasteiger partial charge in [0.1, 0.15) is 11.5 Å². The molecule has 2 saturated heterocycles. The van der Waals surface area contributed by atoms with Crippen molar-refractivity contribution in [1.82, 2.24) is 19.9 Å². The SMILES string of the molecule is CCC1CCCCN1c1nccc(C(=O)N2CCN(c3ccccn3)CC2)n1. The molecule has 2 fully saturated rings. The summed E-state index contributed by atoms with van der Waals surface area (Å²) in [6.07, 6.45) is 8.20. The Balaban J connectivity index is 1.43. The van der Waals surface area contributed by atoms with E-state index in [1.807, 2.05) is 23.1 Å². The van der Waals surface area contributed by atoms with Crippen molar-refractivity contribution in [2.24, 2.45) is 0 Å². The molecular formula is C21H28N6O. The first kappa shape index (κ1) is 18.7. The van der Waals surface area contributed by atoms with E-state index in [1.54, 1.807) is 18.5 Å². The molecule has 0 spiro atoms. The molecule has 7 nitrogen and oxygen atoms in total. The summed E-state index contributed by atoms with van der Waals surface area (Å²) in [5.41, 5.74) is 0.497. The fourth-order valence-corrected chi connectivity index (χ4v) is 4.14. The fraction of sp³-hybridized carbons (Fsp3) is 0.524. The van der Waals surface area contributed by atoms with Crippen molar-refractivity contribution >= 4 is 17.7 Å². The lowest BCUT2D eigenvalue weighted by Crippen LogP contribution is -2.49. The van der Waals surface area contributed by atoms with Gasteiger partial charge in [0, 0.05) is 51.2 Å². The van der Waals surface area contributed by atoms with E-state index in [4.69, 9.17) is 0 Å². The van der Waals surface area contributed by atoms with Crippen LogP contribution in [0.3, 0.4) is 0 Å². The van der Waals surface area contributed by atoms with Crippen LogP contribution in [0.4, 0.5) is 11.8 Å². The van der Waals surface area contributed by atoms with E-state index in [2.05, 4.69) is 31.7 Å². The summed E-state index contributed by atoms with van der Waals surface area (Å²) in [4.78, 5) is 32.9. The van der Waals surface area contributed by atoms with Crippen LogP contribution < -0.4 is 9.80 Å². The van der Waals surface area contributed by atoms with Crippen LogP contribution in [0, 0.1) is 0 Å². The number of carbonyl (C=O) groups excluding carboxylic acids is 1. The summed E-state index contributed by atoms with van der Waals surface area (Å²) in [7, 11) is 0. The Morgan fingerprint density at radius 2 is 1.89 bits per heavy atom. The second-order valence-electron chi connectivity index (χ2n) is 7.46. The van der Waals surface area contributed by atoms with E-state index in [1.165, 1.54) is 12.8 Å². The van der Waals surface area contributed by atoms with Crippen LogP contribution in [0.1, 0.15) is 43.1 Å². The minimum absolute atomic E-state index is 0.00520. The van der Waals surface area contributed by atoms with E-state index in [-0.39, 0.29) is 5.91 Å². The summed E-state index contributed by atoms with van der Waals surface area (Å²) in [5, 5.41) is 0. The van der Waals surface area contributed by atoms with Crippen LogP contribution in [0.2, 0.25) is 0 Å². The Bertz CT molecular complexity index is 790. The lowest BCUT2D eigenvalue weighted by Gasteiger charge is -2.36. The van der Waals surface area contributed by atoms with E-state index in [9.17, 15) is 4.79 Å². The maximum Gasteiger partial charge on any atom is 0.272 e. The number of anilines is 2. The third-order valence-electron chi connectivity index (χ3n) is 5.76. The molecule has 0 bridgehead atoms. The topological polar surface area (TPSA) is 65.5 Å². The number of amides is 1. The maximum atomic E-state index is 13.0. The minimum Gasteiger partial charge on any atom is -0.353 e. The second kappa shape index (κ2) is 8.54. The number of hydrogen-bond acceptors (Lipinski definition) is 6. The molecule has 1 amide bonds. The zero-order valence-corrected chi connectivity index (χ0v) is 16.5. The third-order valence-corrected chi connectivity index (χ3v) is 5.76. The van der Waals surface area contributed by atoms with Crippen molar-refractivity contribution in [3.63, 3.8) is 0 Å². The molecule has 0 saturated carbocycles. The average molecular weight is 380 g/mol. The number of piperidine rings is 1. The van der Waals surface area contributed by atoms with Crippen molar-refractivity contribution < 1.29 is 4.79 Å². The predicted molar refractivity (Wildman–Crippen MR) is 110 cm³/mol. The molecule has 0 aliphatic carbocycles. The van der Waals surface area contributed by atoms with Crippen molar-refractivity contribution in [2.75, 3.05) is 42.5 Å². The van der Waals surface area contributed by atoms with Gasteiger partial charge in [0.15, 0.2) is 0 Å². The molecule has 2 aromatic heterocycles. The van der Waals surface area contributed by atoms with Gasteiger partial charge in [-0.25, -0.2) is 15.0 Å².